The van der Waals surface area contributed by atoms with Gasteiger partial charge >= 0.3 is 5.97 Å². The van der Waals surface area contributed by atoms with Crippen LogP contribution in [0.25, 0.3) is 0 Å². The molecule has 1 atom stereocenters. The largest absolute Gasteiger partial charge is 0.464 e. The second kappa shape index (κ2) is 7.27. The van der Waals surface area contributed by atoms with Crippen LogP contribution in [-0.2, 0) is 9.53 Å². The van der Waals surface area contributed by atoms with E-state index < -0.39 is 23.6 Å². The van der Waals surface area contributed by atoms with E-state index in [9.17, 15) is 14.0 Å². The van der Waals surface area contributed by atoms with Gasteiger partial charge in [0, 0.05) is 5.56 Å². The summed E-state index contributed by atoms with van der Waals surface area (Å²) in [5.74, 6) is -1.53. The quantitative estimate of drug-likeness (QED) is 0.537. The van der Waals surface area contributed by atoms with Crippen molar-refractivity contribution in [2.75, 3.05) is 12.4 Å². The van der Waals surface area contributed by atoms with Crippen LogP contribution < -0.4 is 5.32 Å². The van der Waals surface area contributed by atoms with Gasteiger partial charge in [-0.25, -0.2) is 9.18 Å². The maximum Gasteiger partial charge on any atom is 0.355 e. The number of halogens is 1. The number of rotatable bonds is 4. The molecule has 0 fully saturated rings. The number of tetrazole rings is 1. The number of allylic oxidation sites excluding steroid dienone is 1. The van der Waals surface area contributed by atoms with Gasteiger partial charge in [0.2, 0.25) is 5.95 Å². The second-order valence-corrected chi connectivity index (χ2v) is 6.51. The van der Waals surface area contributed by atoms with Gasteiger partial charge in [-0.3, -0.25) is 4.79 Å². The number of benzene rings is 2. The summed E-state index contributed by atoms with van der Waals surface area (Å²) in [6, 6.07) is 11.7. The number of hydrogen-bond donors (Lipinski definition) is 1. The normalized spacial score (nSPS) is 15.5. The van der Waals surface area contributed by atoms with Gasteiger partial charge < -0.3 is 10.1 Å². The van der Waals surface area contributed by atoms with Crippen LogP contribution in [0.5, 0.6) is 0 Å². The predicted molar refractivity (Wildman–Crippen MR) is 101 cm³/mol. The summed E-state index contributed by atoms with van der Waals surface area (Å²) in [6.45, 7) is 1.90. The molecule has 0 spiro atoms. The zero-order valence-corrected chi connectivity index (χ0v) is 15.6. The number of ether oxygens (including phenoxy) is 1. The Labute approximate surface area is 165 Å². The first-order chi connectivity index (χ1) is 14.0. The van der Waals surface area contributed by atoms with Crippen molar-refractivity contribution in [1.29, 1.82) is 0 Å². The summed E-state index contributed by atoms with van der Waals surface area (Å²) in [5, 5.41) is 14.2. The monoisotopic (exact) mass is 393 g/mol. The molecule has 9 heteroatoms. The fourth-order valence-electron chi connectivity index (χ4n) is 3.23. The van der Waals surface area contributed by atoms with Crippen LogP contribution in [0.2, 0.25) is 0 Å². The summed E-state index contributed by atoms with van der Waals surface area (Å²) in [7, 11) is 1.21. The summed E-state index contributed by atoms with van der Waals surface area (Å²) in [4.78, 5) is 26.0. The van der Waals surface area contributed by atoms with Gasteiger partial charge in [0.15, 0.2) is 5.78 Å². The Morgan fingerprint density at radius 2 is 1.93 bits per heavy atom. The number of anilines is 1. The Hall–Kier alpha value is -3.88. The van der Waals surface area contributed by atoms with E-state index in [1.165, 1.54) is 30.0 Å². The minimum absolute atomic E-state index is 0.0612. The van der Waals surface area contributed by atoms with E-state index in [2.05, 4.69) is 20.8 Å². The van der Waals surface area contributed by atoms with Crippen molar-refractivity contribution in [3.05, 3.63) is 82.3 Å². The van der Waals surface area contributed by atoms with Crippen molar-refractivity contribution in [2.24, 2.45) is 0 Å². The van der Waals surface area contributed by atoms with E-state index in [1.807, 2.05) is 6.92 Å². The molecule has 0 amide bonds. The highest BCUT2D eigenvalue weighted by molar-refractivity contribution is 6.14. The molecular formula is C20H16FN5O3. The highest BCUT2D eigenvalue weighted by Crippen LogP contribution is 2.36. The minimum Gasteiger partial charge on any atom is -0.464 e. The summed E-state index contributed by atoms with van der Waals surface area (Å²) < 4.78 is 20.2. The maximum atomic E-state index is 14.0. The van der Waals surface area contributed by atoms with Crippen LogP contribution in [0.4, 0.5) is 10.3 Å². The number of nitrogens with zero attached hydrogens (tertiary/aromatic N) is 4. The number of esters is 1. The molecule has 1 aliphatic heterocycles. The van der Waals surface area contributed by atoms with Gasteiger partial charge in [-0.2, -0.15) is 4.68 Å². The van der Waals surface area contributed by atoms with Gasteiger partial charge in [-0.1, -0.05) is 47.1 Å². The van der Waals surface area contributed by atoms with Gasteiger partial charge in [0.25, 0.3) is 0 Å². The number of carbonyl (C=O) groups excluding carboxylic acids is 2. The van der Waals surface area contributed by atoms with E-state index in [0.717, 1.165) is 5.56 Å². The molecule has 3 aromatic rings. The third kappa shape index (κ3) is 3.27. The predicted octanol–water partition coefficient (Wildman–Crippen LogP) is 2.45. The third-order valence-electron chi connectivity index (χ3n) is 4.63. The molecule has 146 valence electrons. The van der Waals surface area contributed by atoms with Crippen LogP contribution >= 0.6 is 0 Å². The Kier molecular flexibility index (Phi) is 4.63. The molecule has 4 rings (SSSR count). The Morgan fingerprint density at radius 3 is 2.62 bits per heavy atom. The Bertz CT molecular complexity index is 1140. The number of methoxy groups -OCH3 is 1. The highest BCUT2D eigenvalue weighted by atomic mass is 19.1. The lowest BCUT2D eigenvalue weighted by molar-refractivity contribution is -0.136. The van der Waals surface area contributed by atoms with Crippen molar-refractivity contribution in [2.45, 2.75) is 13.0 Å². The molecule has 8 nitrogen and oxygen atoms in total. The molecule has 0 unspecified atom stereocenters. The molecule has 0 saturated heterocycles. The number of carbonyl (C=O) groups is 2. The van der Waals surface area contributed by atoms with Gasteiger partial charge in [-0.05, 0) is 35.0 Å². The minimum atomic E-state index is -0.917. The van der Waals surface area contributed by atoms with Crippen molar-refractivity contribution in [3.63, 3.8) is 0 Å². The lowest BCUT2D eigenvalue weighted by Gasteiger charge is -2.28. The summed E-state index contributed by atoms with van der Waals surface area (Å²) in [5.41, 5.74) is 1.74. The number of ketones is 1. The molecular weight excluding hydrogens is 377 g/mol. The first kappa shape index (κ1) is 18.5. The molecule has 0 saturated carbocycles. The maximum absolute atomic E-state index is 14.0. The van der Waals surface area contributed by atoms with E-state index in [1.54, 1.807) is 30.3 Å². The van der Waals surface area contributed by atoms with E-state index in [0.29, 0.717) is 11.1 Å². The van der Waals surface area contributed by atoms with Crippen molar-refractivity contribution < 1.29 is 18.7 Å². The Morgan fingerprint density at radius 1 is 1.17 bits per heavy atom. The van der Waals surface area contributed by atoms with E-state index in [4.69, 9.17) is 4.74 Å². The topological polar surface area (TPSA) is 99.0 Å². The van der Waals surface area contributed by atoms with Gasteiger partial charge in [0.1, 0.15) is 17.6 Å². The fourth-order valence-corrected chi connectivity index (χ4v) is 3.23. The van der Waals surface area contributed by atoms with Crippen molar-refractivity contribution in [1.82, 2.24) is 20.2 Å². The molecule has 1 aliphatic rings. The first-order valence-electron chi connectivity index (χ1n) is 8.74. The first-order valence-corrected chi connectivity index (χ1v) is 8.74. The van der Waals surface area contributed by atoms with Crippen molar-refractivity contribution in [3.8, 4) is 0 Å². The smallest absolute Gasteiger partial charge is 0.355 e. The van der Waals surface area contributed by atoms with Crippen LogP contribution in [0.3, 0.4) is 0 Å². The molecule has 0 radical (unpaired) electrons. The molecule has 0 bridgehead atoms. The summed E-state index contributed by atoms with van der Waals surface area (Å²) >= 11 is 0. The van der Waals surface area contributed by atoms with Crippen LogP contribution in [-0.4, -0.2) is 39.1 Å². The molecule has 0 aliphatic carbocycles. The number of Topliss-reactive ketones (excluding diaryl/α,β-unsaturated/α-hetero) is 1. The fraction of sp³-hybridized carbons (Fsp3) is 0.150. The number of aryl methyl sites for hydroxylation is 1. The lowest BCUT2D eigenvalue weighted by Crippen LogP contribution is -2.33. The average Bonchev–Trinajstić information content (AvgIpc) is 3.20. The Balaban J connectivity index is 1.95. The molecule has 1 N–H and O–H groups in total. The van der Waals surface area contributed by atoms with E-state index >= 15 is 0 Å². The number of fused-ring (bicyclic) bond motifs is 1. The van der Waals surface area contributed by atoms with Gasteiger partial charge in [0.05, 0.1) is 12.7 Å². The number of aromatic nitrogens is 4. The van der Waals surface area contributed by atoms with Crippen molar-refractivity contribution >= 4 is 17.7 Å². The third-order valence-corrected chi connectivity index (χ3v) is 4.63. The SMILES string of the molecule is COC(=O)C1=C(C(=O)c2ccc(C)cc2)[C@@H](c2cccc(F)c2)n2nnnc2N1. The number of hydrogen-bond acceptors (Lipinski definition) is 7. The standard InChI is InChI=1S/C20H16FN5O3/c1-11-6-8-12(9-7-11)18(27)15-16(19(28)29-2)22-20-23-24-25-26(20)17(15)13-4-3-5-14(21)10-13/h3-10,17H,1-2H3,(H,22,23,25)/t17-/m1/s1. The van der Waals surface area contributed by atoms with Gasteiger partial charge in [-0.15, -0.1) is 0 Å². The zero-order chi connectivity index (χ0) is 20.5. The molecule has 1 aromatic heterocycles. The molecule has 29 heavy (non-hydrogen) atoms. The zero-order valence-electron chi connectivity index (χ0n) is 15.6. The van der Waals surface area contributed by atoms with Crippen LogP contribution in [0.1, 0.15) is 27.5 Å². The van der Waals surface area contributed by atoms with Crippen LogP contribution in [0, 0.1) is 12.7 Å². The average molecular weight is 393 g/mol. The molecule has 2 heterocycles. The molecule has 2 aromatic carbocycles. The van der Waals surface area contributed by atoms with E-state index in [-0.39, 0.29) is 17.2 Å². The highest BCUT2D eigenvalue weighted by Gasteiger charge is 2.38. The second-order valence-electron chi connectivity index (χ2n) is 6.51. The summed E-state index contributed by atoms with van der Waals surface area (Å²) in [6.07, 6.45) is 0. The number of nitrogens with one attached hydrogen (secondary N) is 1. The lowest BCUT2D eigenvalue weighted by atomic mass is 9.89. The van der Waals surface area contributed by atoms with Crippen LogP contribution in [0.15, 0.2) is 59.8 Å².